The van der Waals surface area contributed by atoms with Crippen molar-refractivity contribution in [2.75, 3.05) is 41.9 Å². The van der Waals surface area contributed by atoms with Crippen molar-refractivity contribution in [2.45, 2.75) is 11.3 Å². The summed E-state index contributed by atoms with van der Waals surface area (Å²) in [6.45, 7) is 2.66. The first-order valence-electron chi connectivity index (χ1n) is 12.4. The molecule has 0 bridgehead atoms. The fourth-order valence-corrected chi connectivity index (χ4v) is 7.66. The Bertz CT molecular complexity index is 1490. The van der Waals surface area contributed by atoms with Gasteiger partial charge in [-0.2, -0.15) is 0 Å². The number of rotatable bonds is 8. The van der Waals surface area contributed by atoms with E-state index in [0.29, 0.717) is 49.7 Å². The van der Waals surface area contributed by atoms with Gasteiger partial charge in [0.25, 0.3) is 15.9 Å². The monoisotopic (exact) mass is 609 g/mol. The van der Waals surface area contributed by atoms with Gasteiger partial charge in [-0.3, -0.25) is 9.10 Å². The number of halogens is 1. The molecule has 1 amide bonds. The van der Waals surface area contributed by atoms with Crippen LogP contribution in [0.2, 0.25) is 0 Å². The van der Waals surface area contributed by atoms with Crippen LogP contribution in [0.5, 0.6) is 0 Å². The first-order chi connectivity index (χ1) is 18.4. The van der Waals surface area contributed by atoms with Crippen molar-refractivity contribution in [3.63, 3.8) is 0 Å². The minimum Gasteiger partial charge on any atom is -0.366 e. The number of para-hydroxylation sites is 2. The van der Waals surface area contributed by atoms with E-state index in [1.807, 2.05) is 77.0 Å². The van der Waals surface area contributed by atoms with Crippen LogP contribution < -0.4 is 9.21 Å². The number of piperazine rings is 1. The molecule has 0 atom stereocenters. The number of benzene rings is 3. The van der Waals surface area contributed by atoms with E-state index >= 15 is 0 Å². The van der Waals surface area contributed by atoms with Crippen molar-refractivity contribution < 1.29 is 13.2 Å². The molecule has 0 radical (unpaired) electrons. The second-order valence-corrected chi connectivity index (χ2v) is 12.6. The van der Waals surface area contributed by atoms with E-state index in [2.05, 4.69) is 20.8 Å². The summed E-state index contributed by atoms with van der Waals surface area (Å²) in [5.74, 6) is 0.0240. The van der Waals surface area contributed by atoms with Crippen LogP contribution in [0.1, 0.15) is 15.2 Å². The number of amides is 1. The van der Waals surface area contributed by atoms with E-state index in [-0.39, 0.29) is 10.8 Å². The van der Waals surface area contributed by atoms with E-state index < -0.39 is 10.0 Å². The molecule has 0 unspecified atom stereocenters. The van der Waals surface area contributed by atoms with Gasteiger partial charge in [-0.1, -0.05) is 60.7 Å². The molecule has 1 saturated heterocycles. The Labute approximate surface area is 236 Å². The molecule has 38 heavy (non-hydrogen) atoms. The van der Waals surface area contributed by atoms with E-state index in [1.165, 1.54) is 15.6 Å². The van der Waals surface area contributed by atoms with Crippen molar-refractivity contribution in [2.24, 2.45) is 0 Å². The lowest BCUT2D eigenvalue weighted by molar-refractivity contribution is 0.0751. The Hall–Kier alpha value is -3.14. The third-order valence-electron chi connectivity index (χ3n) is 6.65. The number of hydrogen-bond donors (Lipinski definition) is 0. The molecule has 0 N–H and O–H groups in total. The van der Waals surface area contributed by atoms with Gasteiger partial charge in [-0.15, -0.1) is 11.3 Å². The van der Waals surface area contributed by atoms with Gasteiger partial charge in [0.1, 0.15) is 4.88 Å². The van der Waals surface area contributed by atoms with Crippen molar-refractivity contribution in [3.05, 3.63) is 111 Å². The molecule has 2 heterocycles. The molecule has 9 heteroatoms. The predicted molar refractivity (Wildman–Crippen MR) is 158 cm³/mol. The molecule has 0 aliphatic carbocycles. The molecule has 1 aromatic heterocycles. The van der Waals surface area contributed by atoms with Crippen LogP contribution in [0, 0.1) is 0 Å². The van der Waals surface area contributed by atoms with Gasteiger partial charge in [0.05, 0.1) is 16.3 Å². The van der Waals surface area contributed by atoms with E-state index in [0.717, 1.165) is 15.7 Å². The maximum atomic E-state index is 13.9. The topological polar surface area (TPSA) is 60.9 Å². The molecule has 1 fully saturated rings. The Morgan fingerprint density at radius 2 is 1.47 bits per heavy atom. The number of nitrogens with zero attached hydrogens (tertiary/aromatic N) is 3. The molecule has 196 valence electrons. The normalized spacial score (nSPS) is 13.9. The van der Waals surface area contributed by atoms with Gasteiger partial charge in [0, 0.05) is 37.2 Å². The lowest BCUT2D eigenvalue weighted by atomic mass is 10.1. The maximum absolute atomic E-state index is 13.9. The van der Waals surface area contributed by atoms with Crippen LogP contribution in [0.25, 0.3) is 0 Å². The Balaban J connectivity index is 1.42. The standard InChI is InChI=1S/C29H28BrN3O3S2/c30-25-16-22-37-28(25)29(34)32-20-18-31(19-21-32)26-13-7-8-14-27(26)33(17-15-23-9-3-1-4-10-23)38(35,36)24-11-5-2-6-12-24/h1-14,16,22H,15,17-21H2. The van der Waals surface area contributed by atoms with Crippen LogP contribution in [-0.2, 0) is 16.4 Å². The lowest BCUT2D eigenvalue weighted by Crippen LogP contribution is -2.49. The number of carbonyl (C=O) groups excluding carboxylic acids is 1. The summed E-state index contributed by atoms with van der Waals surface area (Å²) < 4.78 is 30.2. The van der Waals surface area contributed by atoms with Crippen LogP contribution in [0.15, 0.2) is 106 Å². The SMILES string of the molecule is O=C(c1sccc1Br)N1CCN(c2ccccc2N(CCc2ccccc2)S(=O)(=O)c2ccccc2)CC1. The highest BCUT2D eigenvalue weighted by atomic mass is 79.9. The molecular formula is C29H28BrN3O3S2. The number of thiophene rings is 1. The summed E-state index contributed by atoms with van der Waals surface area (Å²) in [5.41, 5.74) is 2.57. The Morgan fingerprint density at radius 3 is 2.13 bits per heavy atom. The fourth-order valence-electron chi connectivity index (χ4n) is 4.65. The van der Waals surface area contributed by atoms with Gasteiger partial charge < -0.3 is 9.80 Å². The summed E-state index contributed by atoms with van der Waals surface area (Å²) in [5, 5.41) is 1.90. The van der Waals surface area contributed by atoms with Crippen molar-refractivity contribution in [1.29, 1.82) is 0 Å². The largest absolute Gasteiger partial charge is 0.366 e. The molecule has 5 rings (SSSR count). The van der Waals surface area contributed by atoms with Gasteiger partial charge in [-0.05, 0) is 63.6 Å². The summed E-state index contributed by atoms with van der Waals surface area (Å²) in [6.07, 6.45) is 0.583. The average molecular weight is 611 g/mol. The van der Waals surface area contributed by atoms with Crippen LogP contribution in [-0.4, -0.2) is 51.9 Å². The summed E-state index contributed by atoms with van der Waals surface area (Å²) >= 11 is 4.90. The van der Waals surface area contributed by atoms with Gasteiger partial charge >= 0.3 is 0 Å². The van der Waals surface area contributed by atoms with Crippen LogP contribution in [0.4, 0.5) is 11.4 Å². The quantitative estimate of drug-likeness (QED) is 0.249. The molecule has 0 saturated carbocycles. The molecule has 0 spiro atoms. The van der Waals surface area contributed by atoms with Gasteiger partial charge in [-0.25, -0.2) is 8.42 Å². The zero-order valence-corrected chi connectivity index (χ0v) is 24.0. The lowest BCUT2D eigenvalue weighted by Gasteiger charge is -2.38. The van der Waals surface area contributed by atoms with Crippen molar-refractivity contribution in [1.82, 2.24) is 4.90 Å². The second-order valence-electron chi connectivity index (χ2n) is 8.99. The zero-order chi connectivity index (χ0) is 26.5. The molecule has 1 aliphatic rings. The van der Waals surface area contributed by atoms with E-state index in [4.69, 9.17) is 0 Å². The Kier molecular flexibility index (Phi) is 8.16. The molecule has 3 aromatic carbocycles. The number of carbonyl (C=O) groups is 1. The highest BCUT2D eigenvalue weighted by Gasteiger charge is 2.30. The smallest absolute Gasteiger partial charge is 0.265 e. The zero-order valence-electron chi connectivity index (χ0n) is 20.7. The average Bonchev–Trinajstić information content (AvgIpc) is 3.40. The first-order valence-corrected chi connectivity index (χ1v) is 15.5. The van der Waals surface area contributed by atoms with Gasteiger partial charge in [0.2, 0.25) is 0 Å². The number of sulfonamides is 1. The third-order valence-corrected chi connectivity index (χ3v) is 10.3. The van der Waals surface area contributed by atoms with Gasteiger partial charge in [0.15, 0.2) is 0 Å². The van der Waals surface area contributed by atoms with Crippen molar-refractivity contribution in [3.8, 4) is 0 Å². The molecule has 1 aliphatic heterocycles. The highest BCUT2D eigenvalue weighted by molar-refractivity contribution is 9.10. The first kappa shape index (κ1) is 26.5. The molecule has 6 nitrogen and oxygen atoms in total. The summed E-state index contributed by atoms with van der Waals surface area (Å²) in [6, 6.07) is 28.1. The Morgan fingerprint density at radius 1 is 0.842 bits per heavy atom. The molecular weight excluding hydrogens is 582 g/mol. The van der Waals surface area contributed by atoms with Crippen LogP contribution >= 0.6 is 27.3 Å². The minimum atomic E-state index is -3.81. The maximum Gasteiger partial charge on any atom is 0.265 e. The number of hydrogen-bond acceptors (Lipinski definition) is 5. The number of anilines is 2. The third kappa shape index (κ3) is 5.65. The van der Waals surface area contributed by atoms with E-state index in [9.17, 15) is 13.2 Å². The fraction of sp³-hybridized carbons (Fsp3) is 0.207. The molecule has 4 aromatic rings. The van der Waals surface area contributed by atoms with Crippen molar-refractivity contribution >= 4 is 54.6 Å². The minimum absolute atomic E-state index is 0.0240. The highest BCUT2D eigenvalue weighted by Crippen LogP contribution is 2.34. The summed E-state index contributed by atoms with van der Waals surface area (Å²) in [7, 11) is -3.81. The second kappa shape index (κ2) is 11.7. The summed E-state index contributed by atoms with van der Waals surface area (Å²) in [4.78, 5) is 18.0. The van der Waals surface area contributed by atoms with Crippen LogP contribution in [0.3, 0.4) is 0 Å². The van der Waals surface area contributed by atoms with E-state index in [1.54, 1.807) is 24.3 Å². The predicted octanol–water partition coefficient (Wildman–Crippen LogP) is 5.91.